The molecule has 1 saturated heterocycles. The first-order valence-corrected chi connectivity index (χ1v) is 10.0. The summed E-state index contributed by atoms with van der Waals surface area (Å²) in [6.07, 6.45) is 0. The zero-order chi connectivity index (χ0) is 20.5. The van der Waals surface area contributed by atoms with Crippen LogP contribution in [0.25, 0.3) is 10.9 Å². The van der Waals surface area contributed by atoms with E-state index in [9.17, 15) is 4.79 Å². The largest absolute Gasteiger partial charge is 0.497 e. The van der Waals surface area contributed by atoms with E-state index in [4.69, 9.17) is 4.74 Å². The van der Waals surface area contributed by atoms with Crippen LogP contribution < -0.4 is 9.64 Å². The number of nitrogens with zero attached hydrogens (tertiary/aromatic N) is 3. The van der Waals surface area contributed by atoms with Crippen LogP contribution in [0.15, 0.2) is 42.5 Å². The molecule has 1 aliphatic rings. The highest BCUT2D eigenvalue weighted by Gasteiger charge is 2.25. The highest BCUT2D eigenvalue weighted by atomic mass is 16.5. The Hall–Kier alpha value is -3.08. The van der Waals surface area contributed by atoms with E-state index in [0.29, 0.717) is 18.7 Å². The minimum atomic E-state index is 0.0559. The molecule has 1 fully saturated rings. The molecule has 1 aliphatic heterocycles. The molecular weight excluding hydrogens is 362 g/mol. The summed E-state index contributed by atoms with van der Waals surface area (Å²) in [4.78, 5) is 22.2. The van der Waals surface area contributed by atoms with Gasteiger partial charge in [0.1, 0.15) is 5.75 Å². The van der Waals surface area contributed by atoms with Crippen LogP contribution in [0.3, 0.4) is 0 Å². The molecule has 2 heterocycles. The number of hydrogen-bond acceptors (Lipinski definition) is 4. The van der Waals surface area contributed by atoms with E-state index in [0.717, 1.165) is 35.4 Å². The number of ether oxygens (including phenoxy) is 1. The molecule has 0 unspecified atom stereocenters. The molecule has 0 spiro atoms. The van der Waals surface area contributed by atoms with Crippen molar-refractivity contribution in [3.8, 4) is 5.75 Å². The molecule has 5 nitrogen and oxygen atoms in total. The molecule has 1 aromatic heterocycles. The highest BCUT2D eigenvalue weighted by molar-refractivity contribution is 5.99. The van der Waals surface area contributed by atoms with Gasteiger partial charge >= 0.3 is 0 Å². The number of pyridine rings is 1. The maximum Gasteiger partial charge on any atom is 0.255 e. The number of anilines is 1. The smallest absolute Gasteiger partial charge is 0.255 e. The van der Waals surface area contributed by atoms with Crippen molar-refractivity contribution < 1.29 is 9.53 Å². The number of amides is 1. The molecular formula is C24H27N3O2. The van der Waals surface area contributed by atoms with Gasteiger partial charge in [-0.2, -0.15) is 0 Å². The van der Waals surface area contributed by atoms with Crippen LogP contribution in [0.1, 0.15) is 27.2 Å². The summed E-state index contributed by atoms with van der Waals surface area (Å²) in [6, 6.07) is 14.1. The molecule has 29 heavy (non-hydrogen) atoms. The Kier molecular flexibility index (Phi) is 5.14. The fourth-order valence-electron chi connectivity index (χ4n) is 3.99. The maximum absolute atomic E-state index is 13.2. The summed E-state index contributed by atoms with van der Waals surface area (Å²) in [6.45, 7) is 9.31. The Morgan fingerprint density at radius 1 is 1.00 bits per heavy atom. The average Bonchev–Trinajstić information content (AvgIpc) is 2.74. The number of benzene rings is 2. The molecule has 0 radical (unpaired) electrons. The first-order chi connectivity index (χ1) is 14.0. The van der Waals surface area contributed by atoms with Gasteiger partial charge in [-0.25, -0.2) is 0 Å². The molecule has 150 valence electrons. The Morgan fingerprint density at radius 3 is 2.48 bits per heavy atom. The van der Waals surface area contributed by atoms with E-state index in [1.807, 2.05) is 36.1 Å². The highest BCUT2D eigenvalue weighted by Crippen LogP contribution is 2.26. The lowest BCUT2D eigenvalue weighted by Crippen LogP contribution is -2.49. The number of aromatic nitrogens is 1. The molecule has 0 aliphatic carbocycles. The van der Waals surface area contributed by atoms with Crippen LogP contribution in [0, 0.1) is 20.8 Å². The number of rotatable bonds is 3. The van der Waals surface area contributed by atoms with Crippen molar-refractivity contribution in [2.24, 2.45) is 0 Å². The Morgan fingerprint density at radius 2 is 1.76 bits per heavy atom. The van der Waals surface area contributed by atoms with Crippen molar-refractivity contribution in [1.29, 1.82) is 0 Å². The second kappa shape index (κ2) is 7.74. The number of piperazine rings is 1. The third kappa shape index (κ3) is 3.65. The van der Waals surface area contributed by atoms with Crippen molar-refractivity contribution >= 4 is 22.5 Å². The monoisotopic (exact) mass is 389 g/mol. The normalized spacial score (nSPS) is 14.3. The van der Waals surface area contributed by atoms with Crippen molar-refractivity contribution in [2.45, 2.75) is 20.8 Å². The SMILES string of the molecule is COc1ccc2nc(C)c(C(=O)N3CCN(c4cccc(C)c4C)CC3)cc2c1. The predicted octanol–water partition coefficient (Wildman–Crippen LogP) is 4.13. The standard InChI is InChI=1S/C24H27N3O2/c1-16-6-5-7-23(17(16)2)26-10-12-27(13-11-26)24(28)21-15-19-14-20(29-4)8-9-22(19)25-18(21)3/h5-9,14-15H,10-13H2,1-4H3. The van der Waals surface area contributed by atoms with Gasteiger partial charge in [0, 0.05) is 37.3 Å². The second-order valence-corrected chi connectivity index (χ2v) is 7.68. The summed E-state index contributed by atoms with van der Waals surface area (Å²) >= 11 is 0. The van der Waals surface area contributed by atoms with Crippen molar-refractivity contribution in [3.63, 3.8) is 0 Å². The zero-order valence-electron chi connectivity index (χ0n) is 17.5. The van der Waals surface area contributed by atoms with Gasteiger partial charge in [0.25, 0.3) is 5.91 Å². The van der Waals surface area contributed by atoms with E-state index in [-0.39, 0.29) is 5.91 Å². The van der Waals surface area contributed by atoms with Crippen LogP contribution in [-0.4, -0.2) is 49.1 Å². The fourth-order valence-corrected chi connectivity index (χ4v) is 3.99. The average molecular weight is 389 g/mol. The Labute approximate surface area is 171 Å². The molecule has 1 amide bonds. The molecule has 5 heteroatoms. The van der Waals surface area contributed by atoms with Gasteiger partial charge in [-0.05, 0) is 62.2 Å². The minimum Gasteiger partial charge on any atom is -0.497 e. The molecule has 0 atom stereocenters. The molecule has 0 bridgehead atoms. The number of carbonyl (C=O) groups is 1. The summed E-state index contributed by atoms with van der Waals surface area (Å²) in [5, 5.41) is 0.923. The molecule has 0 N–H and O–H groups in total. The number of carbonyl (C=O) groups excluding carboxylic acids is 1. The lowest BCUT2D eigenvalue weighted by Gasteiger charge is -2.37. The van der Waals surface area contributed by atoms with Crippen LogP contribution >= 0.6 is 0 Å². The number of fused-ring (bicyclic) bond motifs is 1. The van der Waals surface area contributed by atoms with E-state index < -0.39 is 0 Å². The number of hydrogen-bond donors (Lipinski definition) is 0. The van der Waals surface area contributed by atoms with Crippen molar-refractivity contribution in [3.05, 3.63) is 64.8 Å². The van der Waals surface area contributed by atoms with Crippen molar-refractivity contribution in [1.82, 2.24) is 9.88 Å². The van der Waals surface area contributed by atoms with Crippen LogP contribution in [0.4, 0.5) is 5.69 Å². The summed E-state index contributed by atoms with van der Waals surface area (Å²) in [7, 11) is 1.64. The maximum atomic E-state index is 13.2. The lowest BCUT2D eigenvalue weighted by molar-refractivity contribution is 0.0745. The van der Waals surface area contributed by atoms with Crippen LogP contribution in [0.2, 0.25) is 0 Å². The van der Waals surface area contributed by atoms with Gasteiger partial charge in [0.15, 0.2) is 0 Å². The number of methoxy groups -OCH3 is 1. The lowest BCUT2D eigenvalue weighted by atomic mass is 10.1. The van der Waals surface area contributed by atoms with Crippen LogP contribution in [-0.2, 0) is 0 Å². The van der Waals surface area contributed by atoms with Gasteiger partial charge in [0.2, 0.25) is 0 Å². The van der Waals surface area contributed by atoms with Gasteiger partial charge in [-0.15, -0.1) is 0 Å². The Bertz CT molecular complexity index is 1070. The van der Waals surface area contributed by atoms with E-state index in [2.05, 4.69) is 41.9 Å². The van der Waals surface area contributed by atoms with E-state index in [1.165, 1.54) is 16.8 Å². The minimum absolute atomic E-state index is 0.0559. The summed E-state index contributed by atoms with van der Waals surface area (Å²) in [5.74, 6) is 0.823. The quantitative estimate of drug-likeness (QED) is 0.676. The molecule has 0 saturated carbocycles. The Balaban J connectivity index is 1.53. The first-order valence-electron chi connectivity index (χ1n) is 10.0. The molecule has 4 rings (SSSR count). The summed E-state index contributed by atoms with van der Waals surface area (Å²) in [5.41, 5.74) is 6.20. The van der Waals surface area contributed by atoms with Gasteiger partial charge in [-0.1, -0.05) is 12.1 Å². The van der Waals surface area contributed by atoms with E-state index in [1.54, 1.807) is 7.11 Å². The third-order valence-corrected chi connectivity index (χ3v) is 5.93. The topological polar surface area (TPSA) is 45.7 Å². The first kappa shape index (κ1) is 19.2. The zero-order valence-corrected chi connectivity index (χ0v) is 17.5. The van der Waals surface area contributed by atoms with Gasteiger partial charge in [-0.3, -0.25) is 9.78 Å². The third-order valence-electron chi connectivity index (χ3n) is 5.93. The van der Waals surface area contributed by atoms with Crippen LogP contribution in [0.5, 0.6) is 5.75 Å². The van der Waals surface area contributed by atoms with Gasteiger partial charge < -0.3 is 14.5 Å². The fraction of sp³-hybridized carbons (Fsp3) is 0.333. The predicted molar refractivity (Wildman–Crippen MR) is 117 cm³/mol. The van der Waals surface area contributed by atoms with Crippen molar-refractivity contribution in [2.75, 3.05) is 38.2 Å². The molecule has 3 aromatic rings. The number of aryl methyl sites for hydroxylation is 2. The van der Waals surface area contributed by atoms with E-state index >= 15 is 0 Å². The molecule has 2 aromatic carbocycles. The second-order valence-electron chi connectivity index (χ2n) is 7.68. The summed E-state index contributed by atoms with van der Waals surface area (Å²) < 4.78 is 5.31. The van der Waals surface area contributed by atoms with Gasteiger partial charge in [0.05, 0.1) is 23.9 Å².